The average Bonchev–Trinajstić information content (AvgIpc) is 3.13. The molecular formula is C41H36N2O8. The first-order valence-electron chi connectivity index (χ1n) is 15.8. The maximum absolute atomic E-state index is 12.4. The van der Waals surface area contributed by atoms with Crippen LogP contribution in [0.1, 0.15) is 89.8 Å². The minimum absolute atomic E-state index is 0.0170. The van der Waals surface area contributed by atoms with Crippen molar-refractivity contribution in [1.82, 2.24) is 0 Å². The molecule has 5 aromatic rings. The molecule has 2 amide bonds. The molecule has 258 valence electrons. The normalized spacial score (nSPS) is 10.1. The summed E-state index contributed by atoms with van der Waals surface area (Å²) in [6.07, 6.45) is 0. The van der Waals surface area contributed by atoms with Crippen LogP contribution in [0, 0.1) is 0 Å². The molecule has 0 atom stereocenters. The Kier molecular flexibility index (Phi) is 12.8. The molecule has 0 heterocycles. The summed E-state index contributed by atoms with van der Waals surface area (Å²) in [4.78, 5) is 69.7. The number of Topliss-reactive ketones (excluding diaryl/α,β-unsaturated/α-hetero) is 4. The molecular weight excluding hydrogens is 648 g/mol. The molecule has 10 nitrogen and oxygen atoms in total. The second-order valence-electron chi connectivity index (χ2n) is 11.3. The summed E-state index contributed by atoms with van der Waals surface area (Å²) in [5.74, 6) is 0.551. The molecule has 0 aliphatic rings. The Morgan fingerprint density at radius 3 is 0.863 bits per heavy atom. The fourth-order valence-corrected chi connectivity index (χ4v) is 4.49. The first kappa shape index (κ1) is 37.1. The van der Waals surface area contributed by atoms with Gasteiger partial charge in [-0.25, -0.2) is 0 Å². The van der Waals surface area contributed by atoms with E-state index in [1.807, 2.05) is 0 Å². The fraction of sp³-hybridized carbons (Fsp3) is 0.122. The molecule has 10 heteroatoms. The maximum Gasteiger partial charge on any atom is 0.255 e. The highest BCUT2D eigenvalue weighted by Crippen LogP contribution is 2.17. The zero-order valence-electron chi connectivity index (χ0n) is 28.5. The first-order chi connectivity index (χ1) is 24.4. The zero-order valence-corrected chi connectivity index (χ0v) is 28.5. The molecule has 51 heavy (non-hydrogen) atoms. The Balaban J connectivity index is 0.000000244. The van der Waals surface area contributed by atoms with Crippen molar-refractivity contribution < 1.29 is 38.2 Å². The van der Waals surface area contributed by atoms with Crippen molar-refractivity contribution >= 4 is 46.3 Å². The van der Waals surface area contributed by atoms with Crippen molar-refractivity contribution in [3.8, 4) is 11.5 Å². The van der Waals surface area contributed by atoms with E-state index in [2.05, 4.69) is 10.6 Å². The van der Waals surface area contributed by atoms with Crippen LogP contribution in [-0.4, -0.2) is 41.7 Å². The van der Waals surface area contributed by atoms with E-state index in [0.717, 1.165) is 0 Å². The van der Waals surface area contributed by atoms with Crippen LogP contribution in [0.3, 0.4) is 0 Å². The highest BCUT2D eigenvalue weighted by molar-refractivity contribution is 6.07. The van der Waals surface area contributed by atoms with E-state index in [0.29, 0.717) is 56.3 Å². The third-order valence-electron chi connectivity index (χ3n) is 7.48. The van der Waals surface area contributed by atoms with Gasteiger partial charge in [-0.15, -0.1) is 0 Å². The lowest BCUT2D eigenvalue weighted by molar-refractivity contribution is 0.100. The van der Waals surface area contributed by atoms with Gasteiger partial charge in [-0.3, -0.25) is 28.8 Å². The number of rotatable bonds is 12. The molecule has 5 aromatic carbocycles. The average molecular weight is 685 g/mol. The van der Waals surface area contributed by atoms with Crippen LogP contribution in [0.5, 0.6) is 11.5 Å². The Labute approximate surface area is 295 Å². The van der Waals surface area contributed by atoms with Crippen LogP contribution >= 0.6 is 0 Å². The molecule has 0 spiro atoms. The summed E-state index contributed by atoms with van der Waals surface area (Å²) in [5.41, 5.74) is 4.35. The number of ether oxygens (including phenoxy) is 2. The minimum atomic E-state index is -0.322. The monoisotopic (exact) mass is 684 g/mol. The SMILES string of the molecule is CC(=O)c1ccc(NC(=O)c2ccc(C(=O)Nc3ccc(C(C)=O)cc3)cc2)cc1.CC(=O)c1ccc(OCOc2ccc(C(C)=O)cc2)cc1. The molecule has 5 rings (SSSR count). The van der Waals surface area contributed by atoms with Gasteiger partial charge >= 0.3 is 0 Å². The van der Waals surface area contributed by atoms with Crippen molar-refractivity contribution in [1.29, 1.82) is 0 Å². The van der Waals surface area contributed by atoms with E-state index >= 15 is 0 Å². The smallest absolute Gasteiger partial charge is 0.255 e. The zero-order chi connectivity index (χ0) is 36.9. The van der Waals surface area contributed by atoms with Crippen LogP contribution < -0.4 is 20.1 Å². The summed E-state index contributed by atoms with van der Waals surface area (Å²) in [7, 11) is 0. The van der Waals surface area contributed by atoms with Crippen molar-refractivity contribution in [2.45, 2.75) is 27.7 Å². The van der Waals surface area contributed by atoms with Gasteiger partial charge in [0.1, 0.15) is 11.5 Å². The lowest BCUT2D eigenvalue weighted by atomic mass is 10.1. The number of anilines is 2. The van der Waals surface area contributed by atoms with Crippen molar-refractivity contribution in [3.05, 3.63) is 155 Å². The molecule has 0 aliphatic heterocycles. The standard InChI is InChI=1S/C24H20N2O4.C17H16O4/c1-15(27)17-7-11-21(12-8-17)25-23(29)19-3-5-20(6-4-19)24(30)26-22-13-9-18(10-14-22)16(2)28;1-12(18)14-3-7-16(8-4-14)20-11-21-17-9-5-15(6-10-17)13(2)19/h3-14H,1-2H3,(H,25,29)(H,26,30);3-10H,11H2,1-2H3. The Hall–Kier alpha value is -6.68. The quantitative estimate of drug-likeness (QED) is 0.0991. The highest BCUT2D eigenvalue weighted by Gasteiger charge is 2.11. The molecule has 0 aromatic heterocycles. The van der Waals surface area contributed by atoms with Crippen molar-refractivity contribution in [2.24, 2.45) is 0 Å². The summed E-state index contributed by atoms with van der Waals surface area (Å²) < 4.78 is 10.8. The third kappa shape index (κ3) is 11.2. The molecule has 0 unspecified atom stereocenters. The molecule has 0 fully saturated rings. The van der Waals surface area contributed by atoms with Gasteiger partial charge in [0.15, 0.2) is 23.1 Å². The molecule has 0 saturated heterocycles. The topological polar surface area (TPSA) is 145 Å². The summed E-state index contributed by atoms with van der Waals surface area (Å²) in [6.45, 7) is 6.05. The predicted molar refractivity (Wildman–Crippen MR) is 194 cm³/mol. The van der Waals surface area contributed by atoms with Gasteiger partial charge in [-0.1, -0.05) is 0 Å². The largest absolute Gasteiger partial charge is 0.458 e. The van der Waals surface area contributed by atoms with E-state index in [4.69, 9.17) is 9.47 Å². The number of carbonyl (C=O) groups is 6. The van der Waals surface area contributed by atoms with Crippen LogP contribution in [-0.2, 0) is 0 Å². The second-order valence-corrected chi connectivity index (χ2v) is 11.3. The number of nitrogens with one attached hydrogen (secondary N) is 2. The first-order valence-corrected chi connectivity index (χ1v) is 15.8. The number of carbonyl (C=O) groups excluding carboxylic acids is 6. The number of benzene rings is 5. The molecule has 0 bridgehead atoms. The molecule has 0 saturated carbocycles. The number of amides is 2. The van der Waals surface area contributed by atoms with Gasteiger partial charge in [0.05, 0.1) is 0 Å². The number of hydrogen-bond acceptors (Lipinski definition) is 8. The van der Waals surface area contributed by atoms with Crippen molar-refractivity contribution in [3.63, 3.8) is 0 Å². The van der Waals surface area contributed by atoms with E-state index in [-0.39, 0.29) is 41.7 Å². The molecule has 0 aliphatic carbocycles. The fourth-order valence-electron chi connectivity index (χ4n) is 4.49. The lowest BCUT2D eigenvalue weighted by Crippen LogP contribution is -2.14. The Morgan fingerprint density at radius 1 is 0.373 bits per heavy atom. The van der Waals surface area contributed by atoms with E-state index in [1.54, 1.807) is 121 Å². The maximum atomic E-state index is 12.4. The predicted octanol–water partition coefficient (Wildman–Crippen LogP) is 8.10. The van der Waals surface area contributed by atoms with Crippen LogP contribution in [0.15, 0.2) is 121 Å². The Morgan fingerprint density at radius 2 is 0.608 bits per heavy atom. The van der Waals surface area contributed by atoms with Crippen molar-refractivity contribution in [2.75, 3.05) is 17.4 Å². The number of hydrogen-bond donors (Lipinski definition) is 2. The number of ketones is 4. The second kappa shape index (κ2) is 17.6. The third-order valence-corrected chi connectivity index (χ3v) is 7.48. The molecule has 2 N–H and O–H groups in total. The summed E-state index contributed by atoms with van der Waals surface area (Å²) >= 11 is 0. The van der Waals surface area contributed by atoms with E-state index in [9.17, 15) is 28.8 Å². The highest BCUT2D eigenvalue weighted by atomic mass is 16.7. The van der Waals surface area contributed by atoms with Gasteiger partial charge in [0.2, 0.25) is 6.79 Å². The molecule has 0 radical (unpaired) electrons. The minimum Gasteiger partial charge on any atom is -0.458 e. The van der Waals surface area contributed by atoms with Gasteiger partial charge in [-0.2, -0.15) is 0 Å². The van der Waals surface area contributed by atoms with Crippen LogP contribution in [0.4, 0.5) is 11.4 Å². The Bertz CT molecular complexity index is 1870. The van der Waals surface area contributed by atoms with Gasteiger partial charge in [-0.05, 0) is 149 Å². The summed E-state index contributed by atoms with van der Waals surface area (Å²) in [6, 6.07) is 33.2. The van der Waals surface area contributed by atoms with Crippen LogP contribution in [0.25, 0.3) is 0 Å². The van der Waals surface area contributed by atoms with Gasteiger partial charge in [0.25, 0.3) is 11.8 Å². The van der Waals surface area contributed by atoms with E-state index in [1.165, 1.54) is 27.7 Å². The summed E-state index contributed by atoms with van der Waals surface area (Å²) in [5, 5.41) is 5.50. The van der Waals surface area contributed by atoms with Gasteiger partial charge in [0, 0.05) is 44.8 Å². The van der Waals surface area contributed by atoms with Gasteiger partial charge < -0.3 is 20.1 Å². The lowest BCUT2D eigenvalue weighted by Gasteiger charge is -2.09. The van der Waals surface area contributed by atoms with E-state index < -0.39 is 0 Å². The van der Waals surface area contributed by atoms with Crippen LogP contribution in [0.2, 0.25) is 0 Å².